The number of nitrogens with two attached hydrogens (primary N) is 1. The Hall–Kier alpha value is -1.13. The minimum absolute atomic E-state index is 0.00980. The van der Waals surface area contributed by atoms with Gasteiger partial charge in [-0.05, 0) is 38.3 Å². The third kappa shape index (κ3) is 2.74. The van der Waals surface area contributed by atoms with Crippen LogP contribution >= 0.6 is 11.6 Å². The molecule has 1 aromatic rings. The Morgan fingerprint density at radius 2 is 2.26 bits per heavy atom. The van der Waals surface area contributed by atoms with E-state index in [1.54, 1.807) is 11.0 Å². The highest BCUT2D eigenvalue weighted by Crippen LogP contribution is 2.27. The highest BCUT2D eigenvalue weighted by atomic mass is 35.5. The maximum atomic E-state index is 13.5. The minimum Gasteiger partial charge on any atom is -0.332 e. The van der Waals surface area contributed by atoms with Crippen LogP contribution in [0.2, 0.25) is 5.02 Å². The summed E-state index contributed by atoms with van der Waals surface area (Å²) >= 11 is 5.89. The van der Waals surface area contributed by atoms with Gasteiger partial charge < -0.3 is 10.6 Å². The van der Waals surface area contributed by atoms with Gasteiger partial charge in [0.2, 0.25) is 0 Å². The van der Waals surface area contributed by atoms with Crippen LogP contribution in [0.5, 0.6) is 0 Å². The van der Waals surface area contributed by atoms with E-state index in [1.165, 1.54) is 12.1 Å². The molecule has 0 aliphatic carbocycles. The second kappa shape index (κ2) is 5.88. The molecule has 1 aromatic carbocycles. The van der Waals surface area contributed by atoms with Crippen LogP contribution in [-0.4, -0.2) is 29.4 Å². The van der Waals surface area contributed by atoms with Crippen molar-refractivity contribution in [3.05, 3.63) is 34.6 Å². The maximum Gasteiger partial charge on any atom is 0.256 e. The Morgan fingerprint density at radius 3 is 2.95 bits per heavy atom. The summed E-state index contributed by atoms with van der Waals surface area (Å²) in [7, 11) is 0. The van der Waals surface area contributed by atoms with E-state index >= 15 is 0 Å². The first-order valence-corrected chi connectivity index (χ1v) is 6.90. The first kappa shape index (κ1) is 14.3. The highest BCUT2D eigenvalue weighted by Gasteiger charge is 2.32. The summed E-state index contributed by atoms with van der Waals surface area (Å²) in [6.07, 6.45) is 2.89. The smallest absolute Gasteiger partial charge is 0.256 e. The average molecular weight is 285 g/mol. The Balaban J connectivity index is 2.33. The molecule has 2 N–H and O–H groups in total. The molecule has 0 saturated carbocycles. The number of hydrogen-bond acceptors (Lipinski definition) is 2. The molecule has 0 radical (unpaired) electrons. The Bertz CT molecular complexity index is 481. The molecule has 1 aliphatic rings. The zero-order valence-corrected chi connectivity index (χ0v) is 11.7. The lowest BCUT2D eigenvalue weighted by atomic mass is 9.95. The van der Waals surface area contributed by atoms with Gasteiger partial charge in [0.25, 0.3) is 5.91 Å². The molecule has 5 heteroatoms. The van der Waals surface area contributed by atoms with Gasteiger partial charge in [-0.2, -0.15) is 0 Å². The van der Waals surface area contributed by atoms with Crippen LogP contribution in [0.1, 0.15) is 36.5 Å². The van der Waals surface area contributed by atoms with Crippen molar-refractivity contribution in [2.24, 2.45) is 5.73 Å². The molecule has 19 heavy (non-hydrogen) atoms. The van der Waals surface area contributed by atoms with E-state index in [-0.39, 0.29) is 28.6 Å². The average Bonchev–Trinajstić information content (AvgIpc) is 2.40. The van der Waals surface area contributed by atoms with Gasteiger partial charge in [-0.25, -0.2) is 4.39 Å². The van der Waals surface area contributed by atoms with Gasteiger partial charge in [0.15, 0.2) is 0 Å². The van der Waals surface area contributed by atoms with E-state index in [1.807, 2.05) is 6.92 Å². The molecule has 2 rings (SSSR count). The molecule has 0 aromatic heterocycles. The summed E-state index contributed by atoms with van der Waals surface area (Å²) in [5.74, 6) is -0.798. The number of amides is 1. The van der Waals surface area contributed by atoms with Crippen molar-refractivity contribution in [3.63, 3.8) is 0 Å². The van der Waals surface area contributed by atoms with Crippen molar-refractivity contribution in [2.45, 2.75) is 38.3 Å². The van der Waals surface area contributed by atoms with Crippen LogP contribution < -0.4 is 5.73 Å². The van der Waals surface area contributed by atoms with Gasteiger partial charge in [-0.15, -0.1) is 0 Å². The van der Waals surface area contributed by atoms with E-state index in [4.69, 9.17) is 17.3 Å². The van der Waals surface area contributed by atoms with Crippen LogP contribution in [0.15, 0.2) is 18.2 Å². The third-order valence-corrected chi connectivity index (χ3v) is 4.10. The van der Waals surface area contributed by atoms with Crippen molar-refractivity contribution < 1.29 is 9.18 Å². The zero-order valence-electron chi connectivity index (χ0n) is 10.9. The lowest BCUT2D eigenvalue weighted by molar-refractivity contribution is 0.0494. The molecule has 1 fully saturated rings. The number of carbonyl (C=O) groups excluding carboxylic acids is 1. The molecular formula is C14H18ClFN2O. The molecule has 3 nitrogen and oxygen atoms in total. The van der Waals surface area contributed by atoms with Crippen LogP contribution in [0.3, 0.4) is 0 Å². The first-order valence-electron chi connectivity index (χ1n) is 6.53. The van der Waals surface area contributed by atoms with Crippen LogP contribution in [0, 0.1) is 5.82 Å². The highest BCUT2D eigenvalue weighted by molar-refractivity contribution is 6.34. The van der Waals surface area contributed by atoms with Gasteiger partial charge in [0.1, 0.15) is 5.82 Å². The Labute approximate surface area is 117 Å². The van der Waals surface area contributed by atoms with Crippen LogP contribution in [0.4, 0.5) is 4.39 Å². The predicted octanol–water partition coefficient (Wildman–Crippen LogP) is 2.82. The molecule has 1 amide bonds. The van der Waals surface area contributed by atoms with Crippen molar-refractivity contribution >= 4 is 17.5 Å². The van der Waals surface area contributed by atoms with Crippen molar-refractivity contribution in [2.75, 3.05) is 6.54 Å². The fourth-order valence-electron chi connectivity index (χ4n) is 2.69. The Kier molecular flexibility index (Phi) is 4.42. The summed E-state index contributed by atoms with van der Waals surface area (Å²) in [5, 5.41) is -0.110. The van der Waals surface area contributed by atoms with E-state index in [0.29, 0.717) is 6.54 Å². The molecule has 1 saturated heterocycles. The lowest BCUT2D eigenvalue weighted by Crippen LogP contribution is -2.51. The number of hydrogen-bond donors (Lipinski definition) is 1. The predicted molar refractivity (Wildman–Crippen MR) is 73.7 cm³/mol. The number of halogens is 2. The maximum absolute atomic E-state index is 13.5. The number of piperidine rings is 1. The van der Waals surface area contributed by atoms with Crippen molar-refractivity contribution in [3.8, 4) is 0 Å². The fourth-order valence-corrected chi connectivity index (χ4v) is 2.90. The monoisotopic (exact) mass is 284 g/mol. The van der Waals surface area contributed by atoms with E-state index < -0.39 is 5.82 Å². The fraction of sp³-hybridized carbons (Fsp3) is 0.500. The second-order valence-corrected chi connectivity index (χ2v) is 5.36. The minimum atomic E-state index is -0.568. The summed E-state index contributed by atoms with van der Waals surface area (Å²) < 4.78 is 13.5. The summed E-state index contributed by atoms with van der Waals surface area (Å²) in [6.45, 7) is 2.41. The SMILES string of the molecule is CC1CCCC(CN)N1C(=O)c1cccc(F)c1Cl. The van der Waals surface area contributed by atoms with E-state index in [9.17, 15) is 9.18 Å². The van der Waals surface area contributed by atoms with Gasteiger partial charge in [0, 0.05) is 18.6 Å². The number of rotatable bonds is 2. The summed E-state index contributed by atoms with van der Waals surface area (Å²) in [6, 6.07) is 4.42. The van der Waals surface area contributed by atoms with E-state index in [0.717, 1.165) is 19.3 Å². The normalized spacial score (nSPS) is 23.5. The number of likely N-dealkylation sites (tertiary alicyclic amines) is 1. The molecule has 1 aliphatic heterocycles. The van der Waals surface area contributed by atoms with Gasteiger partial charge >= 0.3 is 0 Å². The molecule has 0 bridgehead atoms. The molecule has 0 spiro atoms. The largest absolute Gasteiger partial charge is 0.332 e. The van der Waals surface area contributed by atoms with E-state index in [2.05, 4.69) is 0 Å². The second-order valence-electron chi connectivity index (χ2n) is 4.98. The lowest BCUT2D eigenvalue weighted by Gasteiger charge is -2.40. The van der Waals surface area contributed by atoms with Gasteiger partial charge in [-0.3, -0.25) is 4.79 Å². The van der Waals surface area contributed by atoms with Crippen molar-refractivity contribution in [1.29, 1.82) is 0 Å². The van der Waals surface area contributed by atoms with Crippen LogP contribution in [0.25, 0.3) is 0 Å². The first-order chi connectivity index (χ1) is 9.06. The quantitative estimate of drug-likeness (QED) is 0.908. The molecular weight excluding hydrogens is 267 g/mol. The van der Waals surface area contributed by atoms with Gasteiger partial charge in [0.05, 0.1) is 10.6 Å². The third-order valence-electron chi connectivity index (χ3n) is 3.72. The summed E-state index contributed by atoms with van der Waals surface area (Å²) in [4.78, 5) is 14.3. The molecule has 104 valence electrons. The van der Waals surface area contributed by atoms with Gasteiger partial charge in [-0.1, -0.05) is 17.7 Å². The number of carbonyl (C=O) groups is 1. The number of nitrogens with zero attached hydrogens (tertiary/aromatic N) is 1. The Morgan fingerprint density at radius 1 is 1.53 bits per heavy atom. The molecule has 2 atom stereocenters. The topological polar surface area (TPSA) is 46.3 Å². The summed E-state index contributed by atoms with van der Waals surface area (Å²) in [5.41, 5.74) is 5.96. The van der Waals surface area contributed by atoms with Crippen LogP contribution in [-0.2, 0) is 0 Å². The zero-order chi connectivity index (χ0) is 14.0. The number of benzene rings is 1. The molecule has 2 unspecified atom stereocenters. The standard InChI is InChI=1S/C14H18ClFN2O/c1-9-4-2-5-10(8-17)18(9)14(19)11-6-3-7-12(16)13(11)15/h3,6-7,9-10H,2,4-5,8,17H2,1H3. The van der Waals surface area contributed by atoms with Crippen molar-refractivity contribution in [1.82, 2.24) is 4.90 Å². The molecule has 1 heterocycles.